The largest absolute Gasteiger partial charge is 0.741 e. The molecule has 1 aromatic rings. The van der Waals surface area contributed by atoms with E-state index in [4.69, 9.17) is 36.3 Å². The lowest BCUT2D eigenvalue weighted by molar-refractivity contribution is -0.677. The predicted molar refractivity (Wildman–Crippen MR) is 158 cm³/mol. The van der Waals surface area contributed by atoms with Gasteiger partial charge in [0, 0.05) is 0 Å². The van der Waals surface area contributed by atoms with Crippen molar-refractivity contribution in [2.45, 2.75) is 134 Å². The second-order valence-corrected chi connectivity index (χ2v) is 21.3. The molecule has 3 rings (SSSR count). The number of halogens is 3. The number of alkyl halides is 3. The zero-order valence-corrected chi connectivity index (χ0v) is 30.3. The summed E-state index contributed by atoms with van der Waals surface area (Å²) in [5.74, 6) is -0.812. The molecule has 0 aliphatic carbocycles. The molecule has 2 fully saturated rings. The topological polar surface area (TPSA) is 128 Å². The number of nitrogens with zero attached hydrogens (tertiary/aromatic N) is 2. The molecule has 2 saturated heterocycles. The van der Waals surface area contributed by atoms with Crippen LogP contribution in [-0.4, -0.2) is 79.8 Å². The SMILES string of the molecule is C[n+]1ccsc1[C@@H]1OC(C)(C)O[C@H]1[C@@H](O[Si](C)(C)C(C)(C)C)[C@H]1COC(C)(C)N1C(=O)OC(C)(C)C.O=S(=O)([O-])C(F)(F)F. The van der Waals surface area contributed by atoms with E-state index in [0.717, 1.165) is 5.01 Å². The number of amides is 1. The number of rotatable bonds is 5. The van der Waals surface area contributed by atoms with Crippen LogP contribution in [0.25, 0.3) is 0 Å². The monoisotopic (exact) mass is 692 g/mol. The highest BCUT2D eigenvalue weighted by molar-refractivity contribution is 7.86. The van der Waals surface area contributed by atoms with E-state index in [1.807, 2.05) is 67.1 Å². The highest BCUT2D eigenvalue weighted by Gasteiger charge is 2.59. The van der Waals surface area contributed by atoms with Gasteiger partial charge in [-0.1, -0.05) is 32.1 Å². The molecule has 11 nitrogen and oxygen atoms in total. The molecule has 0 aromatic carbocycles. The first-order chi connectivity index (χ1) is 19.4. The van der Waals surface area contributed by atoms with E-state index >= 15 is 0 Å². The zero-order valence-electron chi connectivity index (χ0n) is 27.7. The van der Waals surface area contributed by atoms with Crippen LogP contribution in [0.4, 0.5) is 18.0 Å². The molecule has 1 amide bonds. The van der Waals surface area contributed by atoms with Crippen LogP contribution in [0.5, 0.6) is 0 Å². The first-order valence-electron chi connectivity index (χ1n) is 14.1. The normalized spacial score (nSPS) is 24.9. The number of ether oxygens (including phenoxy) is 4. The van der Waals surface area contributed by atoms with Gasteiger partial charge in [-0.05, 0) is 66.6 Å². The molecule has 256 valence electrons. The van der Waals surface area contributed by atoms with Crippen molar-refractivity contribution in [1.82, 2.24) is 4.90 Å². The van der Waals surface area contributed by atoms with Crippen LogP contribution in [0.15, 0.2) is 11.6 Å². The second kappa shape index (κ2) is 12.7. The molecule has 2 aliphatic heterocycles. The van der Waals surface area contributed by atoms with E-state index in [2.05, 4.69) is 38.4 Å². The maximum atomic E-state index is 13.6. The number of carbonyl (C=O) groups excluding carboxylic acids is 1. The van der Waals surface area contributed by atoms with Crippen molar-refractivity contribution >= 4 is 35.9 Å². The van der Waals surface area contributed by atoms with Crippen molar-refractivity contribution in [2.75, 3.05) is 6.61 Å². The Morgan fingerprint density at radius 2 is 1.66 bits per heavy atom. The van der Waals surface area contributed by atoms with Gasteiger partial charge in [-0.25, -0.2) is 13.2 Å². The van der Waals surface area contributed by atoms with E-state index in [9.17, 15) is 18.0 Å². The molecule has 44 heavy (non-hydrogen) atoms. The van der Waals surface area contributed by atoms with Crippen LogP contribution in [0.2, 0.25) is 18.1 Å². The molecule has 0 radical (unpaired) electrons. The van der Waals surface area contributed by atoms with E-state index in [1.54, 1.807) is 16.2 Å². The maximum Gasteiger partial charge on any atom is 0.485 e. The van der Waals surface area contributed by atoms with Crippen molar-refractivity contribution in [3.63, 3.8) is 0 Å². The lowest BCUT2D eigenvalue weighted by Gasteiger charge is -2.45. The Labute approximate surface area is 263 Å². The van der Waals surface area contributed by atoms with Crippen LogP contribution < -0.4 is 4.57 Å². The van der Waals surface area contributed by atoms with Crippen molar-refractivity contribution in [3.05, 3.63) is 16.6 Å². The summed E-state index contributed by atoms with van der Waals surface area (Å²) in [5.41, 5.74) is -7.15. The third kappa shape index (κ3) is 9.36. The van der Waals surface area contributed by atoms with Gasteiger partial charge >= 0.3 is 11.6 Å². The fourth-order valence-electron chi connectivity index (χ4n) is 4.46. The summed E-state index contributed by atoms with van der Waals surface area (Å²) in [6, 6.07) is -0.417. The lowest BCUT2D eigenvalue weighted by Crippen LogP contribution is -2.60. The molecular formula is C27H47F3N2O9S2Si. The molecule has 1 aromatic heterocycles. The number of hydrogen-bond donors (Lipinski definition) is 0. The Bertz CT molecular complexity index is 1270. The molecule has 2 aliphatic rings. The van der Waals surface area contributed by atoms with Crippen LogP contribution in [0.1, 0.15) is 80.3 Å². The summed E-state index contributed by atoms with van der Waals surface area (Å²) in [6.45, 7) is 24.7. The standard InChI is InChI=1S/C26H47N2O6SSi.CHF3O3S/c1-23(2,3)33-22(29)28-17(16-30-25(28,7)8)18(34-36(12,13)24(4,5)6)19-20(32-26(9,10)31-19)21-27(11)14-15-35-21;2-1(3,4)8(5,6)7/h14-15,17-20H,16H2,1-13H3;(H,5,6,7)/q+1;/p-1/t17-,18+,19+,20-;/m1./s1. The summed E-state index contributed by atoms with van der Waals surface area (Å²) in [5, 5.41) is 3.03. The van der Waals surface area contributed by atoms with Gasteiger partial charge in [-0.15, -0.1) is 0 Å². The average molecular weight is 693 g/mol. The van der Waals surface area contributed by atoms with Gasteiger partial charge in [0.05, 0.1) is 24.1 Å². The number of hydrogen-bond acceptors (Lipinski definition) is 10. The Hall–Kier alpha value is -1.34. The van der Waals surface area contributed by atoms with Gasteiger partial charge in [0.1, 0.15) is 24.5 Å². The van der Waals surface area contributed by atoms with Crippen LogP contribution in [0.3, 0.4) is 0 Å². The van der Waals surface area contributed by atoms with Gasteiger partial charge < -0.3 is 27.9 Å². The summed E-state index contributed by atoms with van der Waals surface area (Å²) in [6.07, 6.45) is 0.296. The summed E-state index contributed by atoms with van der Waals surface area (Å²) in [4.78, 5) is 15.3. The second-order valence-electron chi connectivity index (χ2n) is 14.3. The molecule has 0 saturated carbocycles. The van der Waals surface area contributed by atoms with Crippen molar-refractivity contribution in [2.24, 2.45) is 7.05 Å². The van der Waals surface area contributed by atoms with Gasteiger partial charge in [-0.2, -0.15) is 17.7 Å². The highest BCUT2D eigenvalue weighted by atomic mass is 32.2. The molecule has 4 atom stereocenters. The Morgan fingerprint density at radius 3 is 2.07 bits per heavy atom. The van der Waals surface area contributed by atoms with Gasteiger partial charge in [0.15, 0.2) is 36.5 Å². The minimum absolute atomic E-state index is 0.0466. The number of carbonyl (C=O) groups is 1. The van der Waals surface area contributed by atoms with E-state index in [0.29, 0.717) is 6.61 Å². The van der Waals surface area contributed by atoms with Gasteiger partial charge in [0.2, 0.25) is 0 Å². The Balaban J connectivity index is 0.000000742. The predicted octanol–water partition coefficient (Wildman–Crippen LogP) is 5.58. The van der Waals surface area contributed by atoms with Crippen molar-refractivity contribution in [1.29, 1.82) is 0 Å². The molecular weight excluding hydrogens is 646 g/mol. The minimum atomic E-state index is -6.09. The lowest BCUT2D eigenvalue weighted by atomic mass is 10.00. The minimum Gasteiger partial charge on any atom is -0.741 e. The summed E-state index contributed by atoms with van der Waals surface area (Å²) in [7, 11) is -6.39. The molecule has 3 heterocycles. The first kappa shape index (κ1) is 38.8. The fraction of sp³-hybridized carbons (Fsp3) is 0.852. The number of aromatic nitrogens is 1. The van der Waals surface area contributed by atoms with E-state index in [-0.39, 0.29) is 11.1 Å². The molecule has 0 N–H and O–H groups in total. The molecule has 0 spiro atoms. The molecule has 0 bridgehead atoms. The number of thiazole rings is 1. The van der Waals surface area contributed by atoms with Crippen LogP contribution >= 0.6 is 11.3 Å². The van der Waals surface area contributed by atoms with E-state index < -0.39 is 65.4 Å². The maximum absolute atomic E-state index is 13.6. The van der Waals surface area contributed by atoms with Crippen molar-refractivity contribution < 1.29 is 58.9 Å². The smallest absolute Gasteiger partial charge is 0.485 e. The Morgan fingerprint density at radius 1 is 1.14 bits per heavy atom. The van der Waals surface area contributed by atoms with Gasteiger partial charge in [0.25, 0.3) is 5.01 Å². The van der Waals surface area contributed by atoms with Crippen LogP contribution in [0, 0.1) is 0 Å². The average Bonchev–Trinajstić information content (AvgIpc) is 3.42. The highest BCUT2D eigenvalue weighted by Crippen LogP contribution is 2.46. The van der Waals surface area contributed by atoms with E-state index in [1.165, 1.54) is 0 Å². The third-order valence-corrected chi connectivity index (χ3v) is 13.6. The molecule has 0 unspecified atom stereocenters. The van der Waals surface area contributed by atoms with Gasteiger partial charge in [-0.3, -0.25) is 4.90 Å². The quantitative estimate of drug-likeness (QED) is 0.168. The first-order valence-corrected chi connectivity index (χ1v) is 19.2. The fourth-order valence-corrected chi connectivity index (χ4v) is 6.71. The summed E-state index contributed by atoms with van der Waals surface area (Å²) < 4.78 is 93.2. The molecule has 17 heteroatoms. The number of aryl methyl sites for hydroxylation is 1. The Kier molecular flexibility index (Phi) is 11.2. The summed E-state index contributed by atoms with van der Waals surface area (Å²) >= 11 is 1.63. The third-order valence-electron chi connectivity index (χ3n) is 7.53. The van der Waals surface area contributed by atoms with Crippen LogP contribution in [-0.2, 0) is 40.5 Å². The zero-order chi connectivity index (χ0) is 34.5. The van der Waals surface area contributed by atoms with Crippen molar-refractivity contribution in [3.8, 4) is 0 Å².